The average molecular weight is 288 g/mol. The minimum atomic E-state index is -0.460. The van der Waals surface area contributed by atoms with E-state index in [1.165, 1.54) is 18.5 Å². The van der Waals surface area contributed by atoms with Gasteiger partial charge in [-0.25, -0.2) is 4.98 Å². The largest absolute Gasteiger partial charge is 0.424 e. The van der Waals surface area contributed by atoms with E-state index in [1.54, 1.807) is 6.07 Å². The zero-order valence-electron chi connectivity index (χ0n) is 10.9. The number of nitro groups is 1. The van der Waals surface area contributed by atoms with Crippen molar-refractivity contribution in [1.29, 1.82) is 0 Å². The number of aromatic nitrogens is 4. The molecule has 0 saturated carbocycles. The van der Waals surface area contributed by atoms with Crippen LogP contribution in [0.1, 0.15) is 12.2 Å². The van der Waals surface area contributed by atoms with Crippen molar-refractivity contribution in [2.24, 2.45) is 0 Å². The van der Waals surface area contributed by atoms with Crippen LogP contribution < -0.4 is 5.32 Å². The van der Waals surface area contributed by atoms with E-state index >= 15 is 0 Å². The maximum atomic E-state index is 10.7. The van der Waals surface area contributed by atoms with Crippen LogP contribution in [0.3, 0.4) is 0 Å². The molecule has 0 atom stereocenters. The number of aryl methyl sites for hydroxylation is 1. The van der Waals surface area contributed by atoms with Crippen LogP contribution in [0.4, 0.5) is 11.7 Å². The van der Waals surface area contributed by atoms with Crippen LogP contribution in [0, 0.1) is 10.1 Å². The Morgan fingerprint density at radius 2 is 2.33 bits per heavy atom. The third kappa shape index (κ3) is 2.96. The lowest BCUT2D eigenvalue weighted by Crippen LogP contribution is -2.03. The number of rotatable bonds is 6. The molecule has 2 aromatic heterocycles. The molecule has 0 aliphatic rings. The van der Waals surface area contributed by atoms with Crippen molar-refractivity contribution in [2.45, 2.75) is 12.8 Å². The number of anilines is 1. The first-order chi connectivity index (χ1) is 10.2. The van der Waals surface area contributed by atoms with E-state index in [4.69, 9.17) is 4.42 Å². The fourth-order valence-corrected chi connectivity index (χ4v) is 1.91. The molecular formula is C12H12N6O3. The number of nitrogens with zero attached hydrogens (tertiary/aromatic N) is 4. The van der Waals surface area contributed by atoms with E-state index in [0.717, 1.165) is 18.7 Å². The smallest absolute Gasteiger partial charge is 0.295 e. The predicted octanol–water partition coefficient (Wildman–Crippen LogP) is 1.90. The summed E-state index contributed by atoms with van der Waals surface area (Å²) >= 11 is 0. The van der Waals surface area contributed by atoms with E-state index in [9.17, 15) is 10.1 Å². The lowest BCUT2D eigenvalue weighted by atomic mass is 10.3. The van der Waals surface area contributed by atoms with Gasteiger partial charge in [0.1, 0.15) is 17.7 Å². The molecule has 3 aromatic rings. The molecule has 9 nitrogen and oxygen atoms in total. The molecule has 0 spiro atoms. The second-order valence-corrected chi connectivity index (χ2v) is 4.39. The van der Waals surface area contributed by atoms with Gasteiger partial charge in [-0.2, -0.15) is 10.1 Å². The lowest BCUT2D eigenvalue weighted by molar-refractivity contribution is -0.384. The number of hydrogen-bond acceptors (Lipinski definition) is 7. The molecule has 1 aromatic carbocycles. The summed E-state index contributed by atoms with van der Waals surface area (Å²) in [5.74, 6) is 0.824. The highest BCUT2D eigenvalue weighted by Gasteiger charge is 2.11. The molecule has 108 valence electrons. The molecule has 3 rings (SSSR count). The molecule has 0 bridgehead atoms. The number of oxazole rings is 1. The van der Waals surface area contributed by atoms with Crippen molar-refractivity contribution in [3.63, 3.8) is 0 Å². The SMILES string of the molecule is O=[N+]([O-])c1ccc2oc(NCCCc3ncn[nH]3)nc2c1. The summed E-state index contributed by atoms with van der Waals surface area (Å²) in [6, 6.07) is 4.67. The van der Waals surface area contributed by atoms with E-state index < -0.39 is 4.92 Å². The number of H-pyrrole nitrogens is 1. The summed E-state index contributed by atoms with van der Waals surface area (Å²) in [7, 11) is 0. The second kappa shape index (κ2) is 5.57. The van der Waals surface area contributed by atoms with E-state index in [2.05, 4.69) is 25.5 Å². The highest BCUT2D eigenvalue weighted by molar-refractivity contribution is 5.77. The van der Waals surface area contributed by atoms with Crippen molar-refractivity contribution >= 4 is 22.8 Å². The van der Waals surface area contributed by atoms with Gasteiger partial charge >= 0.3 is 0 Å². The van der Waals surface area contributed by atoms with Gasteiger partial charge in [-0.15, -0.1) is 0 Å². The number of benzene rings is 1. The summed E-state index contributed by atoms with van der Waals surface area (Å²) in [6.45, 7) is 0.648. The Labute approximate surface area is 118 Å². The van der Waals surface area contributed by atoms with E-state index in [0.29, 0.717) is 23.7 Å². The number of non-ortho nitro benzene ring substituents is 1. The van der Waals surface area contributed by atoms with Crippen LogP contribution in [-0.2, 0) is 6.42 Å². The molecule has 2 N–H and O–H groups in total. The first-order valence-electron chi connectivity index (χ1n) is 6.35. The average Bonchev–Trinajstić information content (AvgIpc) is 3.11. The molecule has 9 heteroatoms. The van der Waals surface area contributed by atoms with Gasteiger partial charge in [-0.3, -0.25) is 15.2 Å². The maximum absolute atomic E-state index is 10.7. The van der Waals surface area contributed by atoms with Crippen LogP contribution >= 0.6 is 0 Å². The molecule has 0 aliphatic carbocycles. The Hall–Kier alpha value is -2.97. The third-order valence-corrected chi connectivity index (χ3v) is 2.91. The summed E-state index contributed by atoms with van der Waals surface area (Å²) in [6.07, 6.45) is 3.06. The summed E-state index contributed by atoms with van der Waals surface area (Å²) in [5, 5.41) is 20.3. The zero-order valence-corrected chi connectivity index (χ0v) is 10.9. The number of aromatic amines is 1. The molecule has 2 heterocycles. The van der Waals surface area contributed by atoms with Crippen molar-refractivity contribution in [3.8, 4) is 0 Å². The summed E-state index contributed by atoms with van der Waals surface area (Å²) in [4.78, 5) is 18.4. The van der Waals surface area contributed by atoms with Gasteiger partial charge in [-0.1, -0.05) is 0 Å². The first-order valence-corrected chi connectivity index (χ1v) is 6.35. The number of hydrogen-bond donors (Lipinski definition) is 2. The molecule has 0 amide bonds. The van der Waals surface area contributed by atoms with Gasteiger partial charge in [0, 0.05) is 25.1 Å². The van der Waals surface area contributed by atoms with Crippen molar-refractivity contribution in [2.75, 3.05) is 11.9 Å². The van der Waals surface area contributed by atoms with Crippen molar-refractivity contribution < 1.29 is 9.34 Å². The molecule has 0 fully saturated rings. The fourth-order valence-electron chi connectivity index (χ4n) is 1.91. The molecule has 21 heavy (non-hydrogen) atoms. The zero-order chi connectivity index (χ0) is 14.7. The quantitative estimate of drug-likeness (QED) is 0.403. The summed E-state index contributed by atoms with van der Waals surface area (Å²) in [5.41, 5.74) is 0.966. The van der Waals surface area contributed by atoms with Crippen LogP contribution in [0.5, 0.6) is 0 Å². The van der Waals surface area contributed by atoms with Crippen LogP contribution in [-0.4, -0.2) is 31.6 Å². The Kier molecular flexibility index (Phi) is 3.46. The lowest BCUT2D eigenvalue weighted by Gasteiger charge is -1.99. The van der Waals surface area contributed by atoms with Crippen molar-refractivity contribution in [3.05, 3.63) is 40.5 Å². The normalized spacial score (nSPS) is 10.9. The standard InChI is InChI=1S/C12H12N6O3/c19-18(20)8-3-4-10-9(6-8)16-12(21-10)13-5-1-2-11-14-7-15-17-11/h3-4,6-7H,1-2,5H2,(H,13,16)(H,14,15,17). The maximum Gasteiger partial charge on any atom is 0.295 e. The highest BCUT2D eigenvalue weighted by atomic mass is 16.6. The van der Waals surface area contributed by atoms with E-state index in [1.807, 2.05) is 0 Å². The number of nitrogens with one attached hydrogen (secondary N) is 2. The molecule has 0 unspecified atom stereocenters. The fraction of sp³-hybridized carbons (Fsp3) is 0.250. The van der Waals surface area contributed by atoms with Crippen LogP contribution in [0.25, 0.3) is 11.1 Å². The third-order valence-electron chi connectivity index (χ3n) is 2.91. The number of fused-ring (bicyclic) bond motifs is 1. The first kappa shape index (κ1) is 13.0. The van der Waals surface area contributed by atoms with Gasteiger partial charge in [0.05, 0.1) is 4.92 Å². The Morgan fingerprint density at radius 1 is 1.43 bits per heavy atom. The Bertz CT molecular complexity index is 752. The minimum absolute atomic E-state index is 0.00679. The van der Waals surface area contributed by atoms with Gasteiger partial charge in [0.15, 0.2) is 5.58 Å². The number of nitro benzene ring substituents is 1. The van der Waals surface area contributed by atoms with Gasteiger partial charge < -0.3 is 9.73 Å². The van der Waals surface area contributed by atoms with E-state index in [-0.39, 0.29) is 5.69 Å². The Morgan fingerprint density at radius 3 is 3.10 bits per heavy atom. The highest BCUT2D eigenvalue weighted by Crippen LogP contribution is 2.23. The van der Waals surface area contributed by atoms with Gasteiger partial charge in [0.2, 0.25) is 0 Å². The van der Waals surface area contributed by atoms with Crippen LogP contribution in [0.15, 0.2) is 28.9 Å². The monoisotopic (exact) mass is 288 g/mol. The van der Waals surface area contributed by atoms with Crippen LogP contribution in [0.2, 0.25) is 0 Å². The molecule has 0 saturated heterocycles. The molecular weight excluding hydrogens is 276 g/mol. The Balaban J connectivity index is 1.60. The minimum Gasteiger partial charge on any atom is -0.424 e. The second-order valence-electron chi connectivity index (χ2n) is 4.39. The van der Waals surface area contributed by atoms with Crippen molar-refractivity contribution in [1.82, 2.24) is 20.2 Å². The van der Waals surface area contributed by atoms with Gasteiger partial charge in [0.25, 0.3) is 11.7 Å². The topological polar surface area (TPSA) is 123 Å². The molecule has 0 radical (unpaired) electrons. The predicted molar refractivity (Wildman–Crippen MR) is 73.9 cm³/mol. The van der Waals surface area contributed by atoms with Gasteiger partial charge in [-0.05, 0) is 12.5 Å². The molecule has 0 aliphatic heterocycles. The summed E-state index contributed by atoms with van der Waals surface area (Å²) < 4.78 is 5.46.